The van der Waals surface area contributed by atoms with Gasteiger partial charge in [0.05, 0.1) is 11.8 Å². The van der Waals surface area contributed by atoms with Crippen molar-refractivity contribution >= 4 is 17.7 Å². The van der Waals surface area contributed by atoms with Crippen LogP contribution in [-0.2, 0) is 15.0 Å². The van der Waals surface area contributed by atoms with Gasteiger partial charge >= 0.3 is 0 Å². The molecule has 1 saturated heterocycles. The lowest BCUT2D eigenvalue weighted by molar-refractivity contribution is -0.143. The van der Waals surface area contributed by atoms with Crippen LogP contribution < -0.4 is 5.43 Å². The Balaban J connectivity index is 1.48. The quantitative estimate of drug-likeness (QED) is 0.661. The lowest BCUT2D eigenvalue weighted by atomic mass is 9.48. The number of carbonyl (C=O) groups excluding carboxylic acids is 3. The molecule has 7 rings (SSSR count). The van der Waals surface area contributed by atoms with E-state index in [9.17, 15) is 14.4 Å². The zero-order valence-electron chi connectivity index (χ0n) is 16.9. The number of hydrogen-bond donors (Lipinski definition) is 1. The first-order valence-corrected chi connectivity index (χ1v) is 10.5. The van der Waals surface area contributed by atoms with Gasteiger partial charge in [0.1, 0.15) is 0 Å². The summed E-state index contributed by atoms with van der Waals surface area (Å²) in [7, 11) is 0. The number of hydrazine groups is 1. The van der Waals surface area contributed by atoms with E-state index in [2.05, 4.69) is 36.6 Å². The summed E-state index contributed by atoms with van der Waals surface area (Å²) < 4.78 is 0. The van der Waals surface area contributed by atoms with Gasteiger partial charge in [-0.2, -0.15) is 5.01 Å². The maximum Gasteiger partial charge on any atom is 0.270 e. The van der Waals surface area contributed by atoms with Gasteiger partial charge in [-0.15, -0.1) is 0 Å². The summed E-state index contributed by atoms with van der Waals surface area (Å²) in [5.74, 6) is -2.41. The van der Waals surface area contributed by atoms with Gasteiger partial charge in [-0.3, -0.25) is 19.8 Å². The Hall–Kier alpha value is -3.73. The smallest absolute Gasteiger partial charge is 0.270 e. The van der Waals surface area contributed by atoms with E-state index in [1.54, 1.807) is 24.3 Å². The van der Waals surface area contributed by atoms with Crippen LogP contribution in [0.25, 0.3) is 0 Å². The van der Waals surface area contributed by atoms with Crippen LogP contribution in [0.2, 0.25) is 0 Å². The molecule has 3 amide bonds. The second-order valence-corrected chi connectivity index (χ2v) is 8.68. The summed E-state index contributed by atoms with van der Waals surface area (Å²) in [6.07, 6.45) is 0. The maximum absolute atomic E-state index is 13.6. The van der Waals surface area contributed by atoms with Crippen molar-refractivity contribution in [2.45, 2.75) is 18.3 Å². The van der Waals surface area contributed by atoms with Gasteiger partial charge in [0.2, 0.25) is 0 Å². The van der Waals surface area contributed by atoms with E-state index in [1.807, 2.05) is 30.3 Å². The Morgan fingerprint density at radius 3 is 1.97 bits per heavy atom. The number of imide groups is 1. The van der Waals surface area contributed by atoms with E-state index in [-0.39, 0.29) is 17.7 Å². The van der Waals surface area contributed by atoms with E-state index in [0.29, 0.717) is 5.56 Å². The molecule has 3 aliphatic carbocycles. The van der Waals surface area contributed by atoms with Crippen LogP contribution >= 0.6 is 0 Å². The largest absolute Gasteiger partial charge is 0.272 e. The molecule has 1 N–H and O–H groups in total. The molecule has 0 radical (unpaired) electrons. The van der Waals surface area contributed by atoms with E-state index in [1.165, 1.54) is 0 Å². The lowest BCUT2D eigenvalue weighted by Gasteiger charge is -2.52. The first kappa shape index (κ1) is 18.1. The van der Waals surface area contributed by atoms with Gasteiger partial charge in [0, 0.05) is 16.9 Å². The second-order valence-electron chi connectivity index (χ2n) is 8.68. The van der Waals surface area contributed by atoms with Crippen molar-refractivity contribution in [1.82, 2.24) is 10.4 Å². The molecule has 5 nitrogen and oxygen atoms in total. The minimum atomic E-state index is -0.633. The first-order chi connectivity index (χ1) is 15.0. The molecule has 5 heteroatoms. The highest BCUT2D eigenvalue weighted by atomic mass is 16.2. The van der Waals surface area contributed by atoms with Gasteiger partial charge < -0.3 is 0 Å². The molecule has 1 aliphatic heterocycles. The fraction of sp³-hybridized carbons (Fsp3) is 0.192. The Bertz CT molecular complexity index is 1220. The average molecular weight is 408 g/mol. The van der Waals surface area contributed by atoms with Crippen molar-refractivity contribution in [1.29, 1.82) is 0 Å². The van der Waals surface area contributed by atoms with E-state index >= 15 is 0 Å². The van der Waals surface area contributed by atoms with E-state index in [4.69, 9.17) is 0 Å². The molecule has 0 saturated carbocycles. The molecular formula is C26H20N2O3. The third-order valence-corrected chi connectivity index (χ3v) is 7.29. The van der Waals surface area contributed by atoms with Crippen molar-refractivity contribution in [2.24, 2.45) is 11.8 Å². The van der Waals surface area contributed by atoms with Crippen LogP contribution in [-0.4, -0.2) is 22.7 Å². The van der Waals surface area contributed by atoms with Crippen molar-refractivity contribution < 1.29 is 14.4 Å². The predicted octanol–water partition coefficient (Wildman–Crippen LogP) is 3.40. The first-order valence-electron chi connectivity index (χ1n) is 10.5. The van der Waals surface area contributed by atoms with Crippen LogP contribution in [0.4, 0.5) is 0 Å². The molecule has 1 heterocycles. The minimum Gasteiger partial charge on any atom is -0.272 e. The third-order valence-electron chi connectivity index (χ3n) is 7.29. The molecule has 31 heavy (non-hydrogen) atoms. The average Bonchev–Trinajstić information content (AvgIpc) is 3.06. The third kappa shape index (κ3) is 2.18. The standard InChI is InChI=1S/C26H20N2O3/c1-26-18-13-7-5-11-16(18)20(17-12-6-8-14-19(17)26)21-22(26)25(31)28(24(21)30)27-23(29)15-9-3-2-4-10-15/h2-14,20-22H,1H3,(H,27,29). The highest BCUT2D eigenvalue weighted by molar-refractivity contribution is 6.10. The summed E-state index contributed by atoms with van der Waals surface area (Å²) in [4.78, 5) is 39.9. The summed E-state index contributed by atoms with van der Waals surface area (Å²) in [5, 5.41) is 0.966. The van der Waals surface area contributed by atoms with Gasteiger partial charge in [-0.25, -0.2) is 0 Å². The fourth-order valence-electron chi connectivity index (χ4n) is 6.02. The molecule has 2 unspecified atom stereocenters. The number of carbonyl (C=O) groups is 3. The van der Waals surface area contributed by atoms with Gasteiger partial charge in [0.25, 0.3) is 17.7 Å². The monoisotopic (exact) mass is 408 g/mol. The molecule has 152 valence electrons. The maximum atomic E-state index is 13.6. The minimum absolute atomic E-state index is 0.200. The van der Waals surface area contributed by atoms with Crippen molar-refractivity contribution in [3.63, 3.8) is 0 Å². The van der Waals surface area contributed by atoms with Gasteiger partial charge in [-0.05, 0) is 34.4 Å². The topological polar surface area (TPSA) is 66.5 Å². The van der Waals surface area contributed by atoms with E-state index in [0.717, 1.165) is 27.3 Å². The SMILES string of the molecule is CC12c3ccccc3C(c3ccccc31)C1C(=O)N(NC(=O)c3ccccc3)C(=O)C12. The van der Waals surface area contributed by atoms with Crippen molar-refractivity contribution in [3.8, 4) is 0 Å². The molecule has 2 bridgehead atoms. The number of benzene rings is 3. The molecule has 2 atom stereocenters. The summed E-state index contributed by atoms with van der Waals surface area (Å²) in [5.41, 5.74) is 6.74. The van der Waals surface area contributed by atoms with Crippen LogP contribution in [0.5, 0.6) is 0 Å². The number of amides is 3. The number of nitrogens with one attached hydrogen (secondary N) is 1. The van der Waals surface area contributed by atoms with Gasteiger partial charge in [-0.1, -0.05) is 73.7 Å². The highest BCUT2D eigenvalue weighted by Gasteiger charge is 2.66. The van der Waals surface area contributed by atoms with Crippen LogP contribution in [0, 0.1) is 11.8 Å². The molecule has 3 aromatic carbocycles. The van der Waals surface area contributed by atoms with Gasteiger partial charge in [0.15, 0.2) is 0 Å². The second kappa shape index (κ2) is 6.14. The number of nitrogens with zero attached hydrogens (tertiary/aromatic N) is 1. The van der Waals surface area contributed by atoms with Crippen LogP contribution in [0.3, 0.4) is 0 Å². The summed E-state index contributed by atoms with van der Waals surface area (Å²) >= 11 is 0. The normalized spacial score (nSPS) is 27.5. The fourth-order valence-corrected chi connectivity index (χ4v) is 6.02. The summed E-state index contributed by atoms with van der Waals surface area (Å²) in [6.45, 7) is 2.06. The van der Waals surface area contributed by atoms with Crippen LogP contribution in [0.1, 0.15) is 45.5 Å². The van der Waals surface area contributed by atoms with Crippen molar-refractivity contribution in [2.75, 3.05) is 0 Å². The Morgan fingerprint density at radius 1 is 0.806 bits per heavy atom. The highest BCUT2D eigenvalue weighted by Crippen LogP contribution is 2.63. The molecule has 0 aromatic heterocycles. The Labute approximate surface area is 179 Å². The van der Waals surface area contributed by atoms with E-state index < -0.39 is 23.2 Å². The zero-order valence-corrected chi connectivity index (χ0v) is 16.9. The molecule has 1 fully saturated rings. The lowest BCUT2D eigenvalue weighted by Crippen LogP contribution is -2.52. The number of hydrogen-bond acceptors (Lipinski definition) is 3. The van der Waals surface area contributed by atoms with Crippen molar-refractivity contribution in [3.05, 3.63) is 107 Å². The predicted molar refractivity (Wildman–Crippen MR) is 114 cm³/mol. The zero-order chi connectivity index (χ0) is 21.3. The molecule has 0 spiro atoms. The summed E-state index contributed by atoms with van der Waals surface area (Å²) in [6, 6.07) is 24.8. The molecule has 4 aliphatic rings. The Morgan fingerprint density at radius 2 is 1.35 bits per heavy atom. The Kier molecular flexibility index (Phi) is 3.58. The van der Waals surface area contributed by atoms with Crippen LogP contribution in [0.15, 0.2) is 78.9 Å². The molecular weight excluding hydrogens is 388 g/mol. The number of rotatable bonds is 2. The molecule has 3 aromatic rings.